The Kier molecular flexibility index (Phi) is 7.85. The second kappa shape index (κ2) is 10.1. The highest BCUT2D eigenvalue weighted by Gasteiger charge is 2.11. The number of halogens is 2. The van der Waals surface area contributed by atoms with Gasteiger partial charge in [0, 0.05) is 30.4 Å². The van der Waals surface area contributed by atoms with E-state index >= 15 is 0 Å². The summed E-state index contributed by atoms with van der Waals surface area (Å²) in [5.74, 6) is -0.619. The SMILES string of the molecule is COCCNC(=O)c1ccc(NC(=O)C=Cc2ccc(C)c(Cl)c2)cc1Cl. The third kappa shape index (κ3) is 6.40. The zero-order chi connectivity index (χ0) is 19.8. The molecule has 142 valence electrons. The summed E-state index contributed by atoms with van der Waals surface area (Å²) in [5.41, 5.74) is 2.61. The molecule has 0 bridgehead atoms. The van der Waals surface area contributed by atoms with Gasteiger partial charge >= 0.3 is 0 Å². The summed E-state index contributed by atoms with van der Waals surface area (Å²) in [7, 11) is 1.55. The lowest BCUT2D eigenvalue weighted by atomic mass is 10.1. The monoisotopic (exact) mass is 406 g/mol. The predicted molar refractivity (Wildman–Crippen MR) is 110 cm³/mol. The van der Waals surface area contributed by atoms with Crippen LogP contribution in [-0.2, 0) is 9.53 Å². The third-order valence-corrected chi connectivity index (χ3v) is 4.42. The molecule has 0 aliphatic rings. The number of carbonyl (C=O) groups excluding carboxylic acids is 2. The lowest BCUT2D eigenvalue weighted by molar-refractivity contribution is -0.111. The van der Waals surface area contributed by atoms with E-state index in [2.05, 4.69) is 10.6 Å². The molecular formula is C20H20Cl2N2O3. The highest BCUT2D eigenvalue weighted by Crippen LogP contribution is 2.21. The van der Waals surface area contributed by atoms with E-state index in [0.717, 1.165) is 11.1 Å². The summed E-state index contributed by atoms with van der Waals surface area (Å²) in [5, 5.41) is 6.28. The van der Waals surface area contributed by atoms with Crippen LogP contribution in [0.3, 0.4) is 0 Å². The Labute approximate surface area is 168 Å². The predicted octanol–water partition coefficient (Wildman–Crippen LogP) is 4.33. The number of carbonyl (C=O) groups is 2. The molecule has 0 saturated carbocycles. The normalized spacial score (nSPS) is 10.8. The Morgan fingerprint density at radius 1 is 1.11 bits per heavy atom. The maximum atomic E-state index is 12.1. The van der Waals surface area contributed by atoms with Crippen LogP contribution in [0, 0.1) is 6.92 Å². The number of rotatable bonds is 7. The van der Waals surface area contributed by atoms with Crippen LogP contribution in [0.25, 0.3) is 6.08 Å². The minimum absolute atomic E-state index is 0.247. The zero-order valence-electron chi connectivity index (χ0n) is 15.0. The Hall–Kier alpha value is -2.34. The number of hydrogen-bond acceptors (Lipinski definition) is 3. The van der Waals surface area contributed by atoms with Crippen molar-refractivity contribution in [2.24, 2.45) is 0 Å². The number of hydrogen-bond donors (Lipinski definition) is 2. The number of methoxy groups -OCH3 is 1. The molecule has 27 heavy (non-hydrogen) atoms. The van der Waals surface area contributed by atoms with E-state index in [4.69, 9.17) is 27.9 Å². The number of ether oxygens (including phenoxy) is 1. The maximum absolute atomic E-state index is 12.1. The Morgan fingerprint density at radius 2 is 1.89 bits per heavy atom. The van der Waals surface area contributed by atoms with Gasteiger partial charge in [-0.1, -0.05) is 35.3 Å². The van der Waals surface area contributed by atoms with Gasteiger partial charge in [-0.3, -0.25) is 9.59 Å². The summed E-state index contributed by atoms with van der Waals surface area (Å²) in [6.07, 6.45) is 3.07. The van der Waals surface area contributed by atoms with Crippen molar-refractivity contribution in [1.82, 2.24) is 5.32 Å². The average molecular weight is 407 g/mol. The van der Waals surface area contributed by atoms with Crippen LogP contribution in [0.1, 0.15) is 21.5 Å². The topological polar surface area (TPSA) is 67.4 Å². The molecule has 0 atom stereocenters. The van der Waals surface area contributed by atoms with E-state index in [9.17, 15) is 9.59 Å². The van der Waals surface area contributed by atoms with Crippen LogP contribution < -0.4 is 10.6 Å². The lowest BCUT2D eigenvalue weighted by Crippen LogP contribution is -2.27. The Balaban J connectivity index is 1.99. The van der Waals surface area contributed by atoms with Crippen molar-refractivity contribution in [3.8, 4) is 0 Å². The highest BCUT2D eigenvalue weighted by molar-refractivity contribution is 6.34. The van der Waals surface area contributed by atoms with Gasteiger partial charge in [0.2, 0.25) is 5.91 Å². The molecule has 5 nitrogen and oxygen atoms in total. The standard InChI is InChI=1S/C20H20Cl2N2O3/c1-13-3-4-14(11-17(13)21)5-8-19(25)24-15-6-7-16(18(22)12-15)20(26)23-9-10-27-2/h3-8,11-12H,9-10H2,1-2H3,(H,23,26)(H,24,25). The largest absolute Gasteiger partial charge is 0.383 e. The van der Waals surface area contributed by atoms with Gasteiger partial charge in [-0.15, -0.1) is 0 Å². The molecule has 0 fully saturated rings. The molecule has 2 aromatic carbocycles. The van der Waals surface area contributed by atoms with Gasteiger partial charge in [0.05, 0.1) is 17.2 Å². The molecule has 2 aromatic rings. The molecule has 2 amide bonds. The van der Waals surface area contributed by atoms with Crippen molar-refractivity contribution in [3.05, 3.63) is 69.2 Å². The number of anilines is 1. The van der Waals surface area contributed by atoms with Crippen LogP contribution in [0.2, 0.25) is 10.0 Å². The van der Waals surface area contributed by atoms with E-state index in [1.54, 1.807) is 31.4 Å². The van der Waals surface area contributed by atoms with Gasteiger partial charge in [-0.2, -0.15) is 0 Å². The maximum Gasteiger partial charge on any atom is 0.252 e. The van der Waals surface area contributed by atoms with E-state index in [1.807, 2.05) is 19.1 Å². The minimum atomic E-state index is -0.319. The molecule has 0 heterocycles. The Morgan fingerprint density at radius 3 is 2.56 bits per heavy atom. The van der Waals surface area contributed by atoms with E-state index in [1.165, 1.54) is 12.1 Å². The number of nitrogens with one attached hydrogen (secondary N) is 2. The van der Waals surface area contributed by atoms with Crippen molar-refractivity contribution in [2.75, 3.05) is 25.6 Å². The first-order chi connectivity index (χ1) is 12.9. The molecular weight excluding hydrogens is 387 g/mol. The summed E-state index contributed by atoms with van der Waals surface area (Å²) >= 11 is 12.2. The molecule has 0 spiro atoms. The molecule has 0 aliphatic heterocycles. The summed E-state index contributed by atoms with van der Waals surface area (Å²) in [6.45, 7) is 2.71. The smallest absolute Gasteiger partial charge is 0.252 e. The van der Waals surface area contributed by atoms with Crippen molar-refractivity contribution in [2.45, 2.75) is 6.92 Å². The van der Waals surface area contributed by atoms with Crippen molar-refractivity contribution < 1.29 is 14.3 Å². The van der Waals surface area contributed by atoms with Gasteiger partial charge in [-0.05, 0) is 48.4 Å². The summed E-state index contributed by atoms with van der Waals surface area (Å²) in [4.78, 5) is 24.1. The fraction of sp³-hybridized carbons (Fsp3) is 0.200. The summed E-state index contributed by atoms with van der Waals surface area (Å²) < 4.78 is 4.88. The van der Waals surface area contributed by atoms with Gasteiger partial charge < -0.3 is 15.4 Å². The fourth-order valence-electron chi connectivity index (χ4n) is 2.21. The van der Waals surface area contributed by atoms with Crippen LogP contribution in [-0.4, -0.2) is 32.1 Å². The number of aryl methyl sites for hydroxylation is 1. The second-order valence-corrected chi connectivity index (χ2v) is 6.59. The number of benzene rings is 2. The molecule has 2 rings (SSSR count). The van der Waals surface area contributed by atoms with E-state index < -0.39 is 0 Å². The summed E-state index contributed by atoms with van der Waals surface area (Å²) in [6, 6.07) is 10.2. The van der Waals surface area contributed by atoms with Crippen molar-refractivity contribution in [1.29, 1.82) is 0 Å². The highest BCUT2D eigenvalue weighted by atomic mass is 35.5. The average Bonchev–Trinajstić information content (AvgIpc) is 2.63. The second-order valence-electron chi connectivity index (χ2n) is 5.77. The molecule has 0 saturated heterocycles. The first kappa shape index (κ1) is 21.0. The van der Waals surface area contributed by atoms with E-state index in [0.29, 0.717) is 29.4 Å². The third-order valence-electron chi connectivity index (χ3n) is 3.70. The van der Waals surface area contributed by atoms with Crippen LogP contribution in [0.5, 0.6) is 0 Å². The minimum Gasteiger partial charge on any atom is -0.383 e. The van der Waals surface area contributed by atoms with Crippen molar-refractivity contribution in [3.63, 3.8) is 0 Å². The first-order valence-electron chi connectivity index (χ1n) is 8.22. The lowest BCUT2D eigenvalue weighted by Gasteiger charge is -2.08. The Bertz CT molecular complexity index is 866. The number of amides is 2. The van der Waals surface area contributed by atoms with Crippen LogP contribution >= 0.6 is 23.2 Å². The van der Waals surface area contributed by atoms with Gasteiger partial charge in [0.25, 0.3) is 5.91 Å². The molecule has 0 unspecified atom stereocenters. The van der Waals surface area contributed by atoms with E-state index in [-0.39, 0.29) is 16.8 Å². The van der Waals surface area contributed by atoms with Gasteiger partial charge in [0.1, 0.15) is 0 Å². The molecule has 7 heteroatoms. The zero-order valence-corrected chi connectivity index (χ0v) is 16.5. The molecule has 0 aliphatic carbocycles. The van der Waals surface area contributed by atoms with Crippen LogP contribution in [0.4, 0.5) is 5.69 Å². The fourth-order valence-corrected chi connectivity index (χ4v) is 2.66. The molecule has 0 radical (unpaired) electrons. The quantitative estimate of drug-likeness (QED) is 0.530. The molecule has 2 N–H and O–H groups in total. The van der Waals surface area contributed by atoms with Gasteiger partial charge in [-0.25, -0.2) is 0 Å². The van der Waals surface area contributed by atoms with Crippen LogP contribution in [0.15, 0.2) is 42.5 Å². The van der Waals surface area contributed by atoms with Crippen molar-refractivity contribution >= 4 is 46.8 Å². The van der Waals surface area contributed by atoms with Gasteiger partial charge in [0.15, 0.2) is 0 Å². The molecule has 0 aromatic heterocycles. The first-order valence-corrected chi connectivity index (χ1v) is 8.98.